The fraction of sp³-hybridized carbons (Fsp3) is 0.333. The van der Waals surface area contributed by atoms with Crippen molar-refractivity contribution < 1.29 is 4.74 Å². The van der Waals surface area contributed by atoms with Crippen molar-refractivity contribution in [3.63, 3.8) is 0 Å². The van der Waals surface area contributed by atoms with Crippen LogP contribution in [-0.2, 0) is 4.74 Å². The SMILES string of the molecule is COCC[Te]c1ccccc1. The van der Waals surface area contributed by atoms with Gasteiger partial charge in [0.05, 0.1) is 0 Å². The maximum absolute atomic E-state index is 5.00. The Labute approximate surface area is 77.8 Å². The van der Waals surface area contributed by atoms with Gasteiger partial charge in [0.25, 0.3) is 0 Å². The molecule has 0 saturated heterocycles. The van der Waals surface area contributed by atoms with E-state index in [9.17, 15) is 0 Å². The summed E-state index contributed by atoms with van der Waals surface area (Å²) in [6, 6.07) is 10.7. The van der Waals surface area contributed by atoms with E-state index in [1.54, 1.807) is 7.11 Å². The number of ether oxygens (including phenoxy) is 1. The van der Waals surface area contributed by atoms with Crippen LogP contribution in [-0.4, -0.2) is 34.6 Å². The van der Waals surface area contributed by atoms with Crippen LogP contribution in [0, 0.1) is 0 Å². The maximum atomic E-state index is 5.00. The van der Waals surface area contributed by atoms with Gasteiger partial charge in [0.1, 0.15) is 0 Å². The normalized spacial score (nSPS) is 9.91. The van der Waals surface area contributed by atoms with Crippen LogP contribution < -0.4 is 3.61 Å². The molecule has 0 aliphatic rings. The van der Waals surface area contributed by atoms with Gasteiger partial charge in [0.2, 0.25) is 0 Å². The molecule has 0 bridgehead atoms. The van der Waals surface area contributed by atoms with Gasteiger partial charge in [-0.05, 0) is 0 Å². The summed E-state index contributed by atoms with van der Waals surface area (Å²) >= 11 is 0.0273. The molecule has 1 rings (SSSR count). The van der Waals surface area contributed by atoms with E-state index in [-0.39, 0.29) is 20.9 Å². The second kappa shape index (κ2) is 5.60. The van der Waals surface area contributed by atoms with Crippen molar-refractivity contribution in [3.05, 3.63) is 30.3 Å². The topological polar surface area (TPSA) is 9.23 Å². The molecular weight excluding hydrogens is 252 g/mol. The van der Waals surface area contributed by atoms with E-state index >= 15 is 0 Å². The molecule has 1 aromatic rings. The van der Waals surface area contributed by atoms with Crippen molar-refractivity contribution in [3.8, 4) is 0 Å². The number of benzene rings is 1. The van der Waals surface area contributed by atoms with Crippen molar-refractivity contribution >= 4 is 24.5 Å². The monoisotopic (exact) mass is 266 g/mol. The summed E-state index contributed by atoms with van der Waals surface area (Å²) in [5.41, 5.74) is 0. The molecule has 60 valence electrons. The summed E-state index contributed by atoms with van der Waals surface area (Å²) in [5.74, 6) is 0. The molecule has 0 aliphatic carbocycles. The molecule has 0 atom stereocenters. The zero-order valence-corrected chi connectivity index (χ0v) is 8.95. The molecule has 0 heterocycles. The standard InChI is InChI=1S/C9H12OTe/c1-10-7-8-11-9-5-3-2-4-6-9/h2-6H,7-8H2,1H3. The number of rotatable bonds is 4. The third-order valence-corrected chi connectivity index (χ3v) is 4.09. The first-order valence-electron chi connectivity index (χ1n) is 3.60. The number of methoxy groups -OCH3 is 1. The number of hydrogen-bond acceptors (Lipinski definition) is 1. The summed E-state index contributed by atoms with van der Waals surface area (Å²) in [6.45, 7) is 0.914. The summed E-state index contributed by atoms with van der Waals surface area (Å²) in [7, 11) is 1.76. The zero-order chi connectivity index (χ0) is 7.94. The van der Waals surface area contributed by atoms with E-state index in [4.69, 9.17) is 4.74 Å². The first-order chi connectivity index (χ1) is 5.43. The van der Waals surface area contributed by atoms with E-state index in [0.29, 0.717) is 0 Å². The Morgan fingerprint density at radius 2 is 2.00 bits per heavy atom. The molecule has 11 heavy (non-hydrogen) atoms. The predicted octanol–water partition coefficient (Wildman–Crippen LogP) is 1.08. The van der Waals surface area contributed by atoms with E-state index in [2.05, 4.69) is 30.3 Å². The van der Waals surface area contributed by atoms with Gasteiger partial charge >= 0.3 is 77.8 Å². The molecule has 0 radical (unpaired) electrons. The Morgan fingerprint density at radius 1 is 1.27 bits per heavy atom. The van der Waals surface area contributed by atoms with Crippen LogP contribution >= 0.6 is 0 Å². The first-order valence-corrected chi connectivity index (χ1v) is 6.41. The first kappa shape index (κ1) is 9.06. The van der Waals surface area contributed by atoms with Crippen molar-refractivity contribution in [2.45, 2.75) is 4.47 Å². The Morgan fingerprint density at radius 3 is 2.64 bits per heavy atom. The minimum absolute atomic E-state index is 0.0273. The van der Waals surface area contributed by atoms with E-state index in [1.807, 2.05) is 0 Å². The van der Waals surface area contributed by atoms with Crippen LogP contribution in [0.15, 0.2) is 30.3 Å². The molecule has 0 fully saturated rings. The Hall–Kier alpha value is -0.0304. The van der Waals surface area contributed by atoms with Gasteiger partial charge < -0.3 is 0 Å². The quantitative estimate of drug-likeness (QED) is 0.584. The fourth-order valence-corrected chi connectivity index (χ4v) is 3.14. The number of hydrogen-bond donors (Lipinski definition) is 0. The van der Waals surface area contributed by atoms with Gasteiger partial charge in [0.15, 0.2) is 0 Å². The van der Waals surface area contributed by atoms with Crippen molar-refractivity contribution in [2.24, 2.45) is 0 Å². The molecule has 1 nitrogen and oxygen atoms in total. The van der Waals surface area contributed by atoms with Crippen LogP contribution in [0.2, 0.25) is 4.47 Å². The zero-order valence-electron chi connectivity index (χ0n) is 6.62. The summed E-state index contributed by atoms with van der Waals surface area (Å²) < 4.78 is 7.76. The van der Waals surface area contributed by atoms with Gasteiger partial charge in [-0.15, -0.1) is 0 Å². The third-order valence-electron chi connectivity index (χ3n) is 1.30. The van der Waals surface area contributed by atoms with Crippen molar-refractivity contribution in [1.82, 2.24) is 0 Å². The average Bonchev–Trinajstić information content (AvgIpc) is 2.07. The molecule has 0 saturated carbocycles. The molecule has 0 aromatic heterocycles. The third kappa shape index (κ3) is 3.76. The Balaban J connectivity index is 2.28. The predicted molar refractivity (Wildman–Crippen MR) is 48.5 cm³/mol. The molecule has 0 aliphatic heterocycles. The second-order valence-corrected chi connectivity index (χ2v) is 5.49. The molecule has 0 spiro atoms. The van der Waals surface area contributed by atoms with Crippen LogP contribution in [0.4, 0.5) is 0 Å². The van der Waals surface area contributed by atoms with Crippen LogP contribution in [0.1, 0.15) is 0 Å². The summed E-state index contributed by atoms with van der Waals surface area (Å²) in [4.78, 5) is 0. The van der Waals surface area contributed by atoms with Gasteiger partial charge in [-0.1, -0.05) is 0 Å². The van der Waals surface area contributed by atoms with Crippen molar-refractivity contribution in [2.75, 3.05) is 13.7 Å². The van der Waals surface area contributed by atoms with E-state index in [0.717, 1.165) is 6.61 Å². The average molecular weight is 264 g/mol. The molecule has 1 aromatic carbocycles. The molecule has 0 unspecified atom stereocenters. The van der Waals surface area contributed by atoms with E-state index < -0.39 is 0 Å². The molecule has 0 N–H and O–H groups in total. The van der Waals surface area contributed by atoms with Gasteiger partial charge in [-0.2, -0.15) is 0 Å². The molecule has 2 heteroatoms. The summed E-state index contributed by atoms with van der Waals surface area (Å²) in [6.07, 6.45) is 0. The Bertz CT molecular complexity index is 186. The molecular formula is C9H12OTe. The van der Waals surface area contributed by atoms with Crippen molar-refractivity contribution in [1.29, 1.82) is 0 Å². The summed E-state index contributed by atoms with van der Waals surface area (Å²) in [5, 5.41) is 0. The molecule has 0 amide bonds. The minimum atomic E-state index is 0.0273. The van der Waals surface area contributed by atoms with Crippen LogP contribution in [0.25, 0.3) is 0 Å². The van der Waals surface area contributed by atoms with Gasteiger partial charge in [-0.25, -0.2) is 0 Å². The van der Waals surface area contributed by atoms with E-state index in [1.165, 1.54) is 8.08 Å². The second-order valence-electron chi connectivity index (χ2n) is 2.15. The van der Waals surface area contributed by atoms with Gasteiger partial charge in [-0.3, -0.25) is 0 Å². The van der Waals surface area contributed by atoms with Crippen LogP contribution in [0.5, 0.6) is 0 Å². The fourth-order valence-electron chi connectivity index (χ4n) is 0.760. The Kier molecular flexibility index (Phi) is 4.61. The van der Waals surface area contributed by atoms with Crippen LogP contribution in [0.3, 0.4) is 0 Å². The van der Waals surface area contributed by atoms with Gasteiger partial charge in [0, 0.05) is 0 Å².